The lowest BCUT2D eigenvalue weighted by Crippen LogP contribution is -2.31. The van der Waals surface area contributed by atoms with Gasteiger partial charge < -0.3 is 10.6 Å². The average Bonchev–Trinajstić information content (AvgIpc) is 2.83. The molecule has 0 bridgehead atoms. The molecule has 2 atom stereocenters. The van der Waals surface area contributed by atoms with Crippen molar-refractivity contribution in [1.82, 2.24) is 4.90 Å². The Morgan fingerprint density at radius 1 is 1.38 bits per heavy atom. The molecule has 0 radical (unpaired) electrons. The van der Waals surface area contributed by atoms with E-state index in [1.807, 2.05) is 6.07 Å². The van der Waals surface area contributed by atoms with E-state index in [2.05, 4.69) is 46.2 Å². The summed E-state index contributed by atoms with van der Waals surface area (Å²) in [6.07, 6.45) is 0. The van der Waals surface area contributed by atoms with Crippen molar-refractivity contribution >= 4 is 27.3 Å². The summed E-state index contributed by atoms with van der Waals surface area (Å²) in [5.74, 6) is -0.0445. The van der Waals surface area contributed by atoms with Crippen molar-refractivity contribution in [3.8, 4) is 0 Å². The van der Waals surface area contributed by atoms with Gasteiger partial charge in [0.05, 0.1) is 0 Å². The predicted octanol–water partition coefficient (Wildman–Crippen LogP) is 4.42. The first-order valence-corrected chi connectivity index (χ1v) is 8.56. The summed E-state index contributed by atoms with van der Waals surface area (Å²) in [5.41, 5.74) is 6.81. The first kappa shape index (κ1) is 16.6. The molecule has 0 aliphatic heterocycles. The summed E-state index contributed by atoms with van der Waals surface area (Å²) in [4.78, 5) is 3.53. The molecule has 1 aromatic carbocycles. The highest BCUT2D eigenvalue weighted by atomic mass is 79.9. The molecule has 114 valence electrons. The summed E-state index contributed by atoms with van der Waals surface area (Å²) in [6, 6.07) is 8.60. The quantitative estimate of drug-likeness (QED) is 0.815. The maximum atomic E-state index is 13.8. The van der Waals surface area contributed by atoms with Crippen molar-refractivity contribution in [2.75, 3.05) is 13.6 Å². The number of rotatable bonds is 6. The number of nitrogens with two attached hydrogens (primary N) is 1. The van der Waals surface area contributed by atoms with Crippen LogP contribution in [0.3, 0.4) is 0 Å². The number of hydrogen-bond acceptors (Lipinski definition) is 3. The lowest BCUT2D eigenvalue weighted by Gasteiger charge is -2.26. The van der Waals surface area contributed by atoms with E-state index in [9.17, 15) is 4.39 Å². The van der Waals surface area contributed by atoms with Crippen LogP contribution in [0.1, 0.15) is 23.4 Å². The van der Waals surface area contributed by atoms with Gasteiger partial charge in [0.15, 0.2) is 0 Å². The second-order valence-electron chi connectivity index (χ2n) is 5.45. The lowest BCUT2D eigenvalue weighted by atomic mass is 9.94. The maximum Gasteiger partial charge on any atom is 0.127 e. The molecule has 1 heterocycles. The molecule has 21 heavy (non-hydrogen) atoms. The van der Waals surface area contributed by atoms with Gasteiger partial charge in [-0.3, -0.25) is 0 Å². The Bertz CT molecular complexity index is 587. The minimum Gasteiger partial charge on any atom is -0.324 e. The number of hydrogen-bond donors (Lipinski definition) is 1. The number of nitrogens with zero attached hydrogens (tertiary/aromatic N) is 1. The summed E-state index contributed by atoms with van der Waals surface area (Å²) in [6.45, 7) is 3.77. The van der Waals surface area contributed by atoms with E-state index in [1.165, 1.54) is 10.9 Å². The van der Waals surface area contributed by atoms with Gasteiger partial charge in [0.25, 0.3) is 0 Å². The average molecular weight is 371 g/mol. The molecule has 2 aromatic rings. The van der Waals surface area contributed by atoms with Gasteiger partial charge in [-0.05, 0) is 41.0 Å². The summed E-state index contributed by atoms with van der Waals surface area (Å²) in [5, 5.41) is 2.08. The monoisotopic (exact) mass is 370 g/mol. The van der Waals surface area contributed by atoms with E-state index in [1.54, 1.807) is 23.5 Å². The van der Waals surface area contributed by atoms with Crippen molar-refractivity contribution in [3.63, 3.8) is 0 Å². The van der Waals surface area contributed by atoms with Crippen LogP contribution < -0.4 is 5.73 Å². The van der Waals surface area contributed by atoms with E-state index in [-0.39, 0.29) is 17.8 Å². The van der Waals surface area contributed by atoms with Gasteiger partial charge in [0, 0.05) is 39.4 Å². The van der Waals surface area contributed by atoms with Crippen molar-refractivity contribution < 1.29 is 4.39 Å². The van der Waals surface area contributed by atoms with Gasteiger partial charge >= 0.3 is 0 Å². The largest absolute Gasteiger partial charge is 0.324 e. The zero-order valence-corrected chi connectivity index (χ0v) is 14.6. The van der Waals surface area contributed by atoms with Crippen molar-refractivity contribution in [2.45, 2.75) is 19.5 Å². The van der Waals surface area contributed by atoms with Crippen LogP contribution in [0.25, 0.3) is 0 Å². The van der Waals surface area contributed by atoms with E-state index >= 15 is 0 Å². The Morgan fingerprint density at radius 2 is 2.10 bits per heavy atom. The van der Waals surface area contributed by atoms with Crippen molar-refractivity contribution in [1.29, 1.82) is 0 Å². The van der Waals surface area contributed by atoms with Gasteiger partial charge in [-0.25, -0.2) is 4.39 Å². The highest BCUT2D eigenvalue weighted by Crippen LogP contribution is 2.24. The molecule has 0 saturated carbocycles. The fraction of sp³-hybridized carbons (Fsp3) is 0.375. The highest BCUT2D eigenvalue weighted by molar-refractivity contribution is 9.10. The third-order valence-electron chi connectivity index (χ3n) is 3.52. The number of benzene rings is 1. The Hall–Kier alpha value is -0.750. The Labute approximate surface area is 137 Å². The molecule has 5 heteroatoms. The molecule has 1 aromatic heterocycles. The standard InChI is InChI=1S/C16H20BrFN2S/c1-11(16(19)14-5-3-4-6-15(14)18)8-20(2)9-13-7-12(17)10-21-13/h3-7,10-11,16H,8-9,19H2,1-2H3. The molecule has 2 N–H and O–H groups in total. The van der Waals surface area contributed by atoms with Gasteiger partial charge in [-0.1, -0.05) is 25.1 Å². The summed E-state index contributed by atoms with van der Waals surface area (Å²) >= 11 is 5.20. The third-order valence-corrected chi connectivity index (χ3v) is 5.21. The SMILES string of the molecule is CC(CN(C)Cc1cc(Br)cs1)C(N)c1ccccc1F. The Balaban J connectivity index is 1.94. The fourth-order valence-electron chi connectivity index (χ4n) is 2.42. The van der Waals surface area contributed by atoms with Crippen LogP contribution in [0.2, 0.25) is 0 Å². The molecule has 2 rings (SSSR count). The van der Waals surface area contributed by atoms with Crippen LogP contribution in [0.15, 0.2) is 40.2 Å². The van der Waals surface area contributed by atoms with E-state index in [0.29, 0.717) is 5.56 Å². The van der Waals surface area contributed by atoms with Crippen molar-refractivity contribution in [3.05, 3.63) is 56.4 Å². The van der Waals surface area contributed by atoms with Gasteiger partial charge in [-0.2, -0.15) is 0 Å². The minimum atomic E-state index is -0.288. The third kappa shape index (κ3) is 4.61. The van der Waals surface area contributed by atoms with Gasteiger partial charge in [-0.15, -0.1) is 11.3 Å². The zero-order valence-electron chi connectivity index (χ0n) is 12.2. The van der Waals surface area contributed by atoms with Gasteiger partial charge in [0.2, 0.25) is 0 Å². The summed E-state index contributed by atoms with van der Waals surface area (Å²) in [7, 11) is 2.07. The lowest BCUT2D eigenvalue weighted by molar-refractivity contribution is 0.258. The molecular formula is C16H20BrFN2S. The Kier molecular flexibility index (Phi) is 5.93. The summed E-state index contributed by atoms with van der Waals surface area (Å²) < 4.78 is 14.9. The molecule has 0 fully saturated rings. The smallest absolute Gasteiger partial charge is 0.127 e. The topological polar surface area (TPSA) is 29.3 Å². The van der Waals surface area contributed by atoms with Crippen LogP contribution in [0, 0.1) is 11.7 Å². The van der Waals surface area contributed by atoms with E-state index in [0.717, 1.165) is 17.6 Å². The first-order valence-electron chi connectivity index (χ1n) is 6.89. The highest BCUT2D eigenvalue weighted by Gasteiger charge is 2.19. The normalized spacial score (nSPS) is 14.4. The molecule has 0 aliphatic carbocycles. The van der Waals surface area contributed by atoms with Crippen LogP contribution in [0.5, 0.6) is 0 Å². The zero-order chi connectivity index (χ0) is 15.4. The van der Waals surface area contributed by atoms with Crippen LogP contribution >= 0.6 is 27.3 Å². The van der Waals surface area contributed by atoms with Crippen LogP contribution in [0.4, 0.5) is 4.39 Å². The molecule has 2 unspecified atom stereocenters. The maximum absolute atomic E-state index is 13.8. The van der Waals surface area contributed by atoms with Crippen LogP contribution in [-0.4, -0.2) is 18.5 Å². The number of thiophene rings is 1. The molecule has 0 amide bonds. The predicted molar refractivity (Wildman–Crippen MR) is 90.8 cm³/mol. The Morgan fingerprint density at radius 3 is 2.71 bits per heavy atom. The van der Waals surface area contributed by atoms with E-state index in [4.69, 9.17) is 5.73 Å². The first-order chi connectivity index (χ1) is 9.97. The molecule has 0 spiro atoms. The molecular weight excluding hydrogens is 351 g/mol. The fourth-order valence-corrected chi connectivity index (χ4v) is 3.95. The molecule has 0 saturated heterocycles. The number of halogens is 2. The van der Waals surface area contributed by atoms with Crippen LogP contribution in [-0.2, 0) is 6.54 Å². The van der Waals surface area contributed by atoms with Crippen molar-refractivity contribution in [2.24, 2.45) is 11.7 Å². The second kappa shape index (κ2) is 7.49. The minimum absolute atomic E-state index is 0.176. The van der Waals surface area contributed by atoms with E-state index < -0.39 is 0 Å². The molecule has 0 aliphatic rings. The second-order valence-corrected chi connectivity index (χ2v) is 7.36. The van der Waals surface area contributed by atoms with Gasteiger partial charge in [0.1, 0.15) is 5.82 Å². The molecule has 2 nitrogen and oxygen atoms in total.